The van der Waals surface area contributed by atoms with Gasteiger partial charge in [0, 0.05) is 11.1 Å². The minimum Gasteiger partial charge on any atom is -0.508 e. The van der Waals surface area contributed by atoms with Crippen LogP contribution in [0.1, 0.15) is 28.4 Å². The first-order chi connectivity index (χ1) is 13.5. The highest BCUT2D eigenvalue weighted by atomic mass is 16.5. The lowest BCUT2D eigenvalue weighted by atomic mass is 10.1. The van der Waals surface area contributed by atoms with E-state index in [4.69, 9.17) is 9.47 Å². The fourth-order valence-corrected chi connectivity index (χ4v) is 2.37. The molecule has 2 rings (SSSR count). The number of allylic oxidation sites excluding steroid dienone is 3. The van der Waals surface area contributed by atoms with Gasteiger partial charge in [0.1, 0.15) is 12.0 Å². The molecule has 0 aliphatic heterocycles. The summed E-state index contributed by atoms with van der Waals surface area (Å²) >= 11 is 0. The lowest BCUT2D eigenvalue weighted by Crippen LogP contribution is -1.98. The van der Waals surface area contributed by atoms with E-state index in [1.54, 1.807) is 69.7 Å². The molecule has 0 atom stereocenters. The lowest BCUT2D eigenvalue weighted by molar-refractivity contribution is -0.111. The molecule has 5 heteroatoms. The molecule has 0 heterocycles. The van der Waals surface area contributed by atoms with Crippen molar-refractivity contribution in [2.45, 2.75) is 6.92 Å². The zero-order chi connectivity index (χ0) is 20.5. The van der Waals surface area contributed by atoms with Gasteiger partial charge in [0.05, 0.1) is 14.2 Å². The van der Waals surface area contributed by atoms with Crippen LogP contribution in [-0.2, 0) is 4.79 Å². The molecule has 2 aromatic rings. The topological polar surface area (TPSA) is 72.8 Å². The highest BCUT2D eigenvalue weighted by Crippen LogP contribution is 2.28. The molecule has 2 aromatic carbocycles. The Kier molecular flexibility index (Phi) is 7.34. The van der Waals surface area contributed by atoms with Crippen molar-refractivity contribution >= 4 is 24.2 Å². The number of ether oxygens (including phenoxy) is 2. The number of hydrogen-bond acceptors (Lipinski definition) is 5. The Bertz CT molecular complexity index is 934. The minimum absolute atomic E-state index is 0.124. The average molecular weight is 378 g/mol. The number of benzene rings is 2. The van der Waals surface area contributed by atoms with Gasteiger partial charge in [0.25, 0.3) is 0 Å². The molecule has 0 aliphatic carbocycles. The average Bonchev–Trinajstić information content (AvgIpc) is 2.75. The summed E-state index contributed by atoms with van der Waals surface area (Å²) in [6.45, 7) is 1.55. The quantitative estimate of drug-likeness (QED) is 0.313. The SMILES string of the molecule is COc1ccc(/C=C/C(O)=C(\C)C(=O)/C=C/c2ccc(C=O)cc2)cc1OC. The van der Waals surface area contributed by atoms with Crippen molar-refractivity contribution in [1.82, 2.24) is 0 Å². The largest absolute Gasteiger partial charge is 0.508 e. The Morgan fingerprint density at radius 1 is 0.857 bits per heavy atom. The zero-order valence-corrected chi connectivity index (χ0v) is 16.0. The lowest BCUT2D eigenvalue weighted by Gasteiger charge is -2.07. The fourth-order valence-electron chi connectivity index (χ4n) is 2.37. The number of carbonyl (C=O) groups excluding carboxylic acids is 2. The molecule has 28 heavy (non-hydrogen) atoms. The maximum absolute atomic E-state index is 12.2. The molecule has 0 fully saturated rings. The number of aliphatic hydroxyl groups excluding tert-OH is 1. The van der Waals surface area contributed by atoms with Crippen molar-refractivity contribution in [2.75, 3.05) is 14.2 Å². The minimum atomic E-state index is -0.311. The van der Waals surface area contributed by atoms with Crippen LogP contribution in [0.25, 0.3) is 12.2 Å². The number of aliphatic hydroxyl groups is 1. The highest BCUT2D eigenvalue weighted by Gasteiger charge is 2.06. The van der Waals surface area contributed by atoms with Crippen LogP contribution in [0.15, 0.2) is 65.9 Å². The van der Waals surface area contributed by atoms with Crippen molar-refractivity contribution in [3.05, 3.63) is 82.6 Å². The predicted octanol–water partition coefficient (Wildman–Crippen LogP) is 4.64. The van der Waals surface area contributed by atoms with Crippen LogP contribution >= 0.6 is 0 Å². The molecule has 0 aromatic heterocycles. The monoisotopic (exact) mass is 378 g/mol. The van der Waals surface area contributed by atoms with E-state index >= 15 is 0 Å². The standard InChI is InChI=1S/C23H22O5/c1-16(20(25)11-8-17-4-6-19(15-24)7-5-17)21(26)12-9-18-10-13-22(27-2)23(14-18)28-3/h4-15,26H,1-3H3/b11-8+,12-9+,21-16-. The molecule has 0 aliphatic rings. The normalized spacial score (nSPS) is 12.1. The van der Waals surface area contributed by atoms with E-state index in [1.807, 2.05) is 6.07 Å². The van der Waals surface area contributed by atoms with E-state index in [0.29, 0.717) is 17.1 Å². The first-order valence-corrected chi connectivity index (χ1v) is 8.56. The Hall–Kier alpha value is -3.60. The Labute approximate surface area is 164 Å². The summed E-state index contributed by atoms with van der Waals surface area (Å²) in [5.41, 5.74) is 2.36. The summed E-state index contributed by atoms with van der Waals surface area (Å²) in [6.07, 6.45) is 6.91. The molecule has 144 valence electrons. The molecule has 0 saturated carbocycles. The fraction of sp³-hybridized carbons (Fsp3) is 0.130. The van der Waals surface area contributed by atoms with E-state index < -0.39 is 0 Å². The van der Waals surface area contributed by atoms with Crippen molar-refractivity contribution in [2.24, 2.45) is 0 Å². The summed E-state index contributed by atoms with van der Waals surface area (Å²) < 4.78 is 10.4. The van der Waals surface area contributed by atoms with Crippen molar-refractivity contribution in [3.8, 4) is 11.5 Å². The second kappa shape index (κ2) is 9.92. The van der Waals surface area contributed by atoms with E-state index in [-0.39, 0.29) is 17.1 Å². The maximum atomic E-state index is 12.2. The van der Waals surface area contributed by atoms with Crippen LogP contribution in [0.3, 0.4) is 0 Å². The Balaban J connectivity index is 2.12. The summed E-state index contributed by atoms with van der Waals surface area (Å²) in [6, 6.07) is 12.2. The van der Waals surface area contributed by atoms with Gasteiger partial charge in [-0.1, -0.05) is 42.5 Å². The third-order valence-corrected chi connectivity index (χ3v) is 4.09. The van der Waals surface area contributed by atoms with Crippen molar-refractivity contribution in [3.63, 3.8) is 0 Å². The van der Waals surface area contributed by atoms with Crippen LogP contribution in [-0.4, -0.2) is 31.4 Å². The summed E-state index contributed by atoms with van der Waals surface area (Å²) in [5, 5.41) is 10.2. The van der Waals surface area contributed by atoms with Gasteiger partial charge < -0.3 is 14.6 Å². The molecular formula is C23H22O5. The van der Waals surface area contributed by atoms with Gasteiger partial charge in [-0.15, -0.1) is 0 Å². The number of methoxy groups -OCH3 is 2. The van der Waals surface area contributed by atoms with Crippen LogP contribution in [0.5, 0.6) is 11.5 Å². The van der Waals surface area contributed by atoms with Gasteiger partial charge in [-0.2, -0.15) is 0 Å². The van der Waals surface area contributed by atoms with Gasteiger partial charge in [0.15, 0.2) is 17.3 Å². The van der Waals surface area contributed by atoms with Crippen LogP contribution in [0, 0.1) is 0 Å². The first-order valence-electron chi connectivity index (χ1n) is 8.56. The molecule has 0 spiro atoms. The van der Waals surface area contributed by atoms with Crippen LogP contribution in [0.2, 0.25) is 0 Å². The molecule has 1 N–H and O–H groups in total. The number of ketones is 1. The third kappa shape index (κ3) is 5.45. The highest BCUT2D eigenvalue weighted by molar-refractivity contribution is 6.06. The van der Waals surface area contributed by atoms with Gasteiger partial charge in [0.2, 0.25) is 0 Å². The van der Waals surface area contributed by atoms with E-state index in [1.165, 1.54) is 12.2 Å². The summed E-state index contributed by atoms with van der Waals surface area (Å²) in [5.74, 6) is 0.746. The number of carbonyl (C=O) groups is 2. The van der Waals surface area contributed by atoms with Gasteiger partial charge in [-0.25, -0.2) is 0 Å². The molecule has 0 bridgehead atoms. The van der Waals surface area contributed by atoms with E-state index in [0.717, 1.165) is 17.4 Å². The Morgan fingerprint density at radius 3 is 2.04 bits per heavy atom. The van der Waals surface area contributed by atoms with Crippen molar-refractivity contribution < 1.29 is 24.2 Å². The van der Waals surface area contributed by atoms with Crippen LogP contribution < -0.4 is 9.47 Å². The molecule has 0 amide bonds. The molecular weight excluding hydrogens is 356 g/mol. The smallest absolute Gasteiger partial charge is 0.185 e. The Morgan fingerprint density at radius 2 is 1.43 bits per heavy atom. The zero-order valence-electron chi connectivity index (χ0n) is 16.0. The number of rotatable bonds is 8. The van der Waals surface area contributed by atoms with E-state index in [2.05, 4.69) is 0 Å². The summed E-state index contributed by atoms with van der Waals surface area (Å²) in [7, 11) is 3.10. The predicted molar refractivity (Wildman–Crippen MR) is 110 cm³/mol. The maximum Gasteiger partial charge on any atom is 0.185 e. The molecule has 0 unspecified atom stereocenters. The first kappa shape index (κ1) is 20.7. The van der Waals surface area contributed by atoms with Gasteiger partial charge >= 0.3 is 0 Å². The number of hydrogen-bond donors (Lipinski definition) is 1. The van der Waals surface area contributed by atoms with Crippen molar-refractivity contribution in [1.29, 1.82) is 0 Å². The van der Waals surface area contributed by atoms with Gasteiger partial charge in [-0.05, 0) is 42.3 Å². The second-order valence-corrected chi connectivity index (χ2v) is 5.94. The van der Waals surface area contributed by atoms with E-state index in [9.17, 15) is 14.7 Å². The molecule has 0 radical (unpaired) electrons. The second-order valence-electron chi connectivity index (χ2n) is 5.94. The molecule has 0 saturated heterocycles. The summed E-state index contributed by atoms with van der Waals surface area (Å²) in [4.78, 5) is 22.9. The molecule has 5 nitrogen and oxygen atoms in total. The number of aldehydes is 1. The van der Waals surface area contributed by atoms with Gasteiger partial charge in [-0.3, -0.25) is 9.59 Å². The van der Waals surface area contributed by atoms with Crippen LogP contribution in [0.4, 0.5) is 0 Å². The third-order valence-electron chi connectivity index (χ3n) is 4.09.